The number of nitrogens with zero attached hydrogens (tertiary/aromatic N) is 2. The van der Waals surface area contributed by atoms with E-state index < -0.39 is 11.8 Å². The zero-order valence-corrected chi connectivity index (χ0v) is 15.7. The van der Waals surface area contributed by atoms with Gasteiger partial charge in [0.2, 0.25) is 0 Å². The minimum atomic E-state index is -0.877. The first kappa shape index (κ1) is 17.9. The van der Waals surface area contributed by atoms with Crippen molar-refractivity contribution < 1.29 is 19.1 Å². The quantitative estimate of drug-likeness (QED) is 0.608. The van der Waals surface area contributed by atoms with Crippen LogP contribution in [0, 0.1) is 0 Å². The number of rotatable bonds is 2. The van der Waals surface area contributed by atoms with Crippen molar-refractivity contribution in [3.8, 4) is 0 Å². The molecule has 0 amide bonds. The molecule has 0 spiro atoms. The molecule has 0 aliphatic heterocycles. The summed E-state index contributed by atoms with van der Waals surface area (Å²) in [5.41, 5.74) is 2.17. The van der Waals surface area contributed by atoms with Crippen LogP contribution in [0.5, 0.6) is 0 Å². The smallest absolute Gasteiger partial charge is 0.428 e. The summed E-state index contributed by atoms with van der Waals surface area (Å²) < 4.78 is 10.8. The molecule has 1 aliphatic rings. The van der Waals surface area contributed by atoms with Crippen LogP contribution in [0.25, 0.3) is 22.4 Å². The lowest BCUT2D eigenvalue weighted by atomic mass is 10.1. The normalized spacial score (nSPS) is 13.6. The number of Topliss-reactive ketones (excluding diaryl/α,β-unsaturated/α-hetero) is 1. The van der Waals surface area contributed by atoms with E-state index in [-0.39, 0.29) is 17.1 Å². The van der Waals surface area contributed by atoms with Gasteiger partial charge in [-0.2, -0.15) is 0 Å². The number of allylic oxidation sites excluding steroid dienone is 1. The van der Waals surface area contributed by atoms with Gasteiger partial charge in [0.05, 0.1) is 28.5 Å². The minimum absolute atomic E-state index is 0.138. The number of carbonyl (C=O) groups excluding carboxylic acids is 2. The highest BCUT2D eigenvalue weighted by Gasteiger charge is 2.35. The molecule has 0 saturated heterocycles. The Balaban J connectivity index is 1.84. The number of hydrogen-bond acceptors (Lipinski definition) is 6. The molecule has 0 saturated carbocycles. The zero-order chi connectivity index (χ0) is 19.9. The van der Waals surface area contributed by atoms with Crippen LogP contribution < -0.4 is 0 Å². The molecule has 0 atom stereocenters. The summed E-state index contributed by atoms with van der Waals surface area (Å²) in [4.78, 5) is 34.3. The maximum Gasteiger partial charge on any atom is 0.514 e. The van der Waals surface area contributed by atoms with E-state index in [1.807, 2.05) is 24.3 Å². The van der Waals surface area contributed by atoms with E-state index in [0.717, 1.165) is 0 Å². The highest BCUT2D eigenvalue weighted by molar-refractivity contribution is 6.39. The molecule has 0 unspecified atom stereocenters. The number of ketones is 1. The van der Waals surface area contributed by atoms with E-state index in [1.165, 1.54) is 6.20 Å². The van der Waals surface area contributed by atoms with Crippen LogP contribution in [0.4, 0.5) is 4.79 Å². The van der Waals surface area contributed by atoms with Gasteiger partial charge in [-0.05, 0) is 32.9 Å². The maximum absolute atomic E-state index is 13.1. The molecule has 6 heteroatoms. The molecule has 2 aromatic carbocycles. The van der Waals surface area contributed by atoms with Crippen molar-refractivity contribution in [1.82, 2.24) is 9.97 Å². The number of benzene rings is 2. The summed E-state index contributed by atoms with van der Waals surface area (Å²) >= 11 is 0. The Bertz CT molecular complexity index is 1140. The summed E-state index contributed by atoms with van der Waals surface area (Å²) in [5.74, 6) is -0.127. The van der Waals surface area contributed by atoms with E-state index in [0.29, 0.717) is 27.9 Å². The lowest BCUT2D eigenvalue weighted by Crippen LogP contribution is -2.24. The second-order valence-electron chi connectivity index (χ2n) is 7.39. The molecule has 3 aromatic rings. The predicted octanol–water partition coefficient (Wildman–Crippen LogP) is 4.65. The second kappa shape index (κ2) is 6.56. The third kappa shape index (κ3) is 3.24. The molecule has 1 aliphatic carbocycles. The van der Waals surface area contributed by atoms with Gasteiger partial charge in [-0.3, -0.25) is 9.78 Å². The average molecular weight is 374 g/mol. The first-order valence-electron chi connectivity index (χ1n) is 8.85. The van der Waals surface area contributed by atoms with Crippen molar-refractivity contribution in [2.24, 2.45) is 0 Å². The van der Waals surface area contributed by atoms with Gasteiger partial charge < -0.3 is 9.47 Å². The summed E-state index contributed by atoms with van der Waals surface area (Å²) in [5, 5.41) is 0. The fraction of sp³-hybridized carbons (Fsp3) is 0.182. The lowest BCUT2D eigenvalue weighted by Gasteiger charge is -2.19. The molecule has 140 valence electrons. The number of fused-ring (bicyclic) bond motifs is 2. The van der Waals surface area contributed by atoms with Gasteiger partial charge in [0, 0.05) is 11.1 Å². The topological polar surface area (TPSA) is 78.4 Å². The minimum Gasteiger partial charge on any atom is -0.428 e. The maximum atomic E-state index is 13.1. The summed E-state index contributed by atoms with van der Waals surface area (Å²) in [6, 6.07) is 14.3. The van der Waals surface area contributed by atoms with Crippen LogP contribution in [0.1, 0.15) is 42.4 Å². The van der Waals surface area contributed by atoms with E-state index >= 15 is 0 Å². The standard InChI is InChI=1S/C22H18N2O4/c1-22(2,3)28-21(26)27-20-14-9-5-4-8-13(14)19(25)18(20)17-12-23-15-10-6-7-11-16(15)24-17/h4-12H,1-3H3. The molecule has 0 radical (unpaired) electrons. The van der Waals surface area contributed by atoms with Crippen LogP contribution in [-0.4, -0.2) is 27.5 Å². The van der Waals surface area contributed by atoms with Crippen molar-refractivity contribution in [3.63, 3.8) is 0 Å². The lowest BCUT2D eigenvalue weighted by molar-refractivity contribution is 0.0150. The monoisotopic (exact) mass is 374 g/mol. The zero-order valence-electron chi connectivity index (χ0n) is 15.7. The van der Waals surface area contributed by atoms with Gasteiger partial charge in [-0.1, -0.05) is 36.4 Å². The van der Waals surface area contributed by atoms with Crippen molar-refractivity contribution in [2.45, 2.75) is 26.4 Å². The van der Waals surface area contributed by atoms with Gasteiger partial charge in [0.15, 0.2) is 11.5 Å². The van der Waals surface area contributed by atoms with Crippen molar-refractivity contribution in [3.05, 3.63) is 71.5 Å². The Hall–Kier alpha value is -3.54. The predicted molar refractivity (Wildman–Crippen MR) is 104 cm³/mol. The van der Waals surface area contributed by atoms with Crippen molar-refractivity contribution in [2.75, 3.05) is 0 Å². The first-order chi connectivity index (χ1) is 13.3. The highest BCUT2D eigenvalue weighted by Crippen LogP contribution is 2.39. The molecule has 1 aromatic heterocycles. The average Bonchev–Trinajstić information content (AvgIpc) is 2.92. The Morgan fingerprint density at radius 3 is 2.29 bits per heavy atom. The molecule has 4 rings (SSSR count). The summed E-state index contributed by atoms with van der Waals surface area (Å²) in [7, 11) is 0. The fourth-order valence-electron chi connectivity index (χ4n) is 3.02. The molecule has 1 heterocycles. The second-order valence-corrected chi connectivity index (χ2v) is 7.39. The van der Waals surface area contributed by atoms with Gasteiger partial charge >= 0.3 is 6.16 Å². The first-order valence-corrected chi connectivity index (χ1v) is 8.85. The molecule has 0 N–H and O–H groups in total. The SMILES string of the molecule is CC(C)(C)OC(=O)OC1=C(c2cnc3ccccc3n2)C(=O)c2ccccc21. The summed E-state index contributed by atoms with van der Waals surface area (Å²) in [6.07, 6.45) is 0.637. The van der Waals surface area contributed by atoms with Crippen LogP contribution in [0.2, 0.25) is 0 Å². The van der Waals surface area contributed by atoms with E-state index in [2.05, 4.69) is 9.97 Å². The van der Waals surface area contributed by atoms with Crippen LogP contribution in [0.3, 0.4) is 0 Å². The molecule has 28 heavy (non-hydrogen) atoms. The Kier molecular flexibility index (Phi) is 4.19. The van der Waals surface area contributed by atoms with E-state index in [1.54, 1.807) is 45.0 Å². The van der Waals surface area contributed by atoms with Gasteiger partial charge in [0.1, 0.15) is 5.60 Å². The number of aromatic nitrogens is 2. The highest BCUT2D eigenvalue weighted by atomic mass is 16.7. The molecule has 0 fully saturated rings. The summed E-state index contributed by atoms with van der Waals surface area (Å²) in [6.45, 7) is 5.23. The van der Waals surface area contributed by atoms with Gasteiger partial charge in [-0.15, -0.1) is 0 Å². The van der Waals surface area contributed by atoms with Crippen LogP contribution >= 0.6 is 0 Å². The number of carbonyl (C=O) groups is 2. The Labute approximate surface area is 161 Å². The molecular weight excluding hydrogens is 356 g/mol. The Morgan fingerprint density at radius 2 is 1.57 bits per heavy atom. The molecular formula is C22H18N2O4. The van der Waals surface area contributed by atoms with E-state index in [9.17, 15) is 9.59 Å². The number of para-hydroxylation sites is 2. The molecule has 6 nitrogen and oxygen atoms in total. The fourth-order valence-corrected chi connectivity index (χ4v) is 3.02. The third-order valence-corrected chi connectivity index (χ3v) is 4.15. The number of hydrogen-bond donors (Lipinski definition) is 0. The van der Waals surface area contributed by atoms with E-state index in [4.69, 9.17) is 9.47 Å². The van der Waals surface area contributed by atoms with Gasteiger partial charge in [0.25, 0.3) is 0 Å². The third-order valence-electron chi connectivity index (χ3n) is 4.15. The van der Waals surface area contributed by atoms with Crippen LogP contribution in [-0.2, 0) is 9.47 Å². The van der Waals surface area contributed by atoms with Crippen molar-refractivity contribution in [1.29, 1.82) is 0 Å². The molecule has 0 bridgehead atoms. The van der Waals surface area contributed by atoms with Crippen LogP contribution in [0.15, 0.2) is 54.7 Å². The Morgan fingerprint density at radius 1 is 0.929 bits per heavy atom. The van der Waals surface area contributed by atoms with Gasteiger partial charge in [-0.25, -0.2) is 9.78 Å². The number of ether oxygens (including phenoxy) is 2. The largest absolute Gasteiger partial charge is 0.514 e. The van der Waals surface area contributed by atoms with Crippen molar-refractivity contribution >= 4 is 34.3 Å².